The van der Waals surface area contributed by atoms with Gasteiger partial charge in [-0.1, -0.05) is 42.1 Å². The van der Waals surface area contributed by atoms with Crippen LogP contribution in [0.15, 0.2) is 53.6 Å². The monoisotopic (exact) mass is 340 g/mol. The molecule has 122 valence electrons. The summed E-state index contributed by atoms with van der Waals surface area (Å²) in [5.74, 6) is 6.04. The van der Waals surface area contributed by atoms with Crippen LogP contribution in [-0.4, -0.2) is 21.6 Å². The van der Waals surface area contributed by atoms with Crippen LogP contribution in [0.4, 0.5) is 0 Å². The van der Waals surface area contributed by atoms with Crippen molar-refractivity contribution < 1.29 is 9.53 Å². The van der Waals surface area contributed by atoms with E-state index in [-0.39, 0.29) is 11.7 Å². The smallest absolute Gasteiger partial charge is 0.252 e. The lowest BCUT2D eigenvalue weighted by atomic mass is 10.2. The molecule has 0 aliphatic rings. The number of rotatable bonds is 5. The first-order valence-corrected chi connectivity index (χ1v) is 8.28. The molecule has 0 atom stereocenters. The van der Waals surface area contributed by atoms with Crippen molar-refractivity contribution in [3.8, 4) is 11.6 Å². The lowest BCUT2D eigenvalue weighted by Gasteiger charge is -2.11. The minimum atomic E-state index is -0.295. The van der Waals surface area contributed by atoms with E-state index in [1.807, 2.05) is 55.5 Å². The lowest BCUT2D eigenvalue weighted by molar-refractivity contribution is -0.118. The topological polar surface area (TPSA) is 90.1 Å². The Morgan fingerprint density at radius 3 is 2.50 bits per heavy atom. The number of thioether (sulfide) groups is 1. The molecule has 1 aromatic heterocycles. The highest BCUT2D eigenvalue weighted by atomic mass is 32.2. The molecule has 3 N–H and O–H groups in total. The number of carbonyl (C=O) groups is 1. The van der Waals surface area contributed by atoms with Crippen molar-refractivity contribution in [2.24, 2.45) is 5.84 Å². The Morgan fingerprint density at radius 1 is 1.12 bits per heavy atom. The number of aromatic nitrogens is 2. The van der Waals surface area contributed by atoms with Gasteiger partial charge in [-0.2, -0.15) is 0 Å². The van der Waals surface area contributed by atoms with E-state index in [1.54, 1.807) is 0 Å². The van der Waals surface area contributed by atoms with E-state index in [0.29, 0.717) is 16.7 Å². The third-order valence-corrected chi connectivity index (χ3v) is 4.26. The summed E-state index contributed by atoms with van der Waals surface area (Å²) in [7, 11) is 0. The third kappa shape index (κ3) is 3.64. The molecule has 0 fully saturated rings. The van der Waals surface area contributed by atoms with Gasteiger partial charge in [0.15, 0.2) is 5.03 Å². The first kappa shape index (κ1) is 16.2. The SMILES string of the molecule is Cc1ccccc1Oc1nc2ccccc2nc1SCC(=O)NN. The third-order valence-electron chi connectivity index (χ3n) is 3.31. The van der Waals surface area contributed by atoms with Crippen LogP contribution in [-0.2, 0) is 4.79 Å². The number of hydrogen-bond acceptors (Lipinski definition) is 6. The highest BCUT2D eigenvalue weighted by molar-refractivity contribution is 8.00. The molecule has 0 aliphatic heterocycles. The predicted octanol–water partition coefficient (Wildman–Crippen LogP) is 2.81. The fourth-order valence-electron chi connectivity index (χ4n) is 2.08. The van der Waals surface area contributed by atoms with Crippen LogP contribution in [0, 0.1) is 6.92 Å². The van der Waals surface area contributed by atoms with Crippen molar-refractivity contribution in [3.63, 3.8) is 0 Å². The fraction of sp³-hybridized carbons (Fsp3) is 0.118. The number of para-hydroxylation sites is 3. The Kier molecular flexibility index (Phi) is 4.93. The molecular formula is C17H16N4O2S. The molecule has 1 amide bonds. The molecule has 0 unspecified atom stereocenters. The van der Waals surface area contributed by atoms with Crippen LogP contribution >= 0.6 is 11.8 Å². The number of ether oxygens (including phenoxy) is 1. The largest absolute Gasteiger partial charge is 0.436 e. The van der Waals surface area contributed by atoms with Crippen LogP contribution in [0.2, 0.25) is 0 Å². The van der Waals surface area contributed by atoms with Gasteiger partial charge in [-0.15, -0.1) is 0 Å². The van der Waals surface area contributed by atoms with Crippen LogP contribution in [0.1, 0.15) is 5.56 Å². The zero-order valence-electron chi connectivity index (χ0n) is 13.0. The summed E-state index contributed by atoms with van der Waals surface area (Å²) in [6, 6.07) is 15.2. The summed E-state index contributed by atoms with van der Waals surface area (Å²) in [4.78, 5) is 20.5. The number of hydrogen-bond donors (Lipinski definition) is 2. The Balaban J connectivity index is 1.99. The molecular weight excluding hydrogens is 324 g/mol. The summed E-state index contributed by atoms with van der Waals surface area (Å²) < 4.78 is 5.96. The van der Waals surface area contributed by atoms with Gasteiger partial charge in [0, 0.05) is 0 Å². The Morgan fingerprint density at radius 2 is 1.79 bits per heavy atom. The lowest BCUT2D eigenvalue weighted by Crippen LogP contribution is -2.31. The van der Waals surface area contributed by atoms with Crippen LogP contribution in [0.3, 0.4) is 0 Å². The van der Waals surface area contributed by atoms with E-state index in [0.717, 1.165) is 16.6 Å². The highest BCUT2D eigenvalue weighted by Gasteiger charge is 2.14. The first-order chi connectivity index (χ1) is 11.7. The molecule has 0 saturated heterocycles. The van der Waals surface area contributed by atoms with Crippen molar-refractivity contribution in [2.45, 2.75) is 11.9 Å². The average Bonchev–Trinajstić information content (AvgIpc) is 2.61. The van der Waals surface area contributed by atoms with E-state index in [2.05, 4.69) is 15.4 Å². The zero-order chi connectivity index (χ0) is 16.9. The van der Waals surface area contributed by atoms with Crippen LogP contribution in [0.25, 0.3) is 11.0 Å². The number of nitrogens with zero attached hydrogens (tertiary/aromatic N) is 2. The van der Waals surface area contributed by atoms with Crippen molar-refractivity contribution >= 4 is 28.7 Å². The Bertz CT molecular complexity index is 885. The number of amides is 1. The molecule has 0 spiro atoms. The molecule has 0 saturated carbocycles. The van der Waals surface area contributed by atoms with E-state index in [1.165, 1.54) is 11.8 Å². The average molecular weight is 340 g/mol. The molecule has 0 bridgehead atoms. The molecule has 0 radical (unpaired) electrons. The maximum atomic E-state index is 11.4. The van der Waals surface area contributed by atoms with E-state index in [9.17, 15) is 4.79 Å². The normalized spacial score (nSPS) is 10.6. The summed E-state index contributed by atoms with van der Waals surface area (Å²) in [5, 5.41) is 0.542. The fourth-order valence-corrected chi connectivity index (χ4v) is 2.80. The van der Waals surface area contributed by atoms with Crippen molar-refractivity contribution in [1.82, 2.24) is 15.4 Å². The van der Waals surface area contributed by atoms with Gasteiger partial charge in [-0.3, -0.25) is 10.2 Å². The van der Waals surface area contributed by atoms with Crippen LogP contribution < -0.4 is 16.0 Å². The number of nitrogens with one attached hydrogen (secondary N) is 1. The molecule has 3 aromatic rings. The van der Waals surface area contributed by atoms with Gasteiger partial charge in [0.05, 0.1) is 16.8 Å². The molecule has 6 nitrogen and oxygen atoms in total. The molecule has 0 aliphatic carbocycles. The van der Waals surface area contributed by atoms with Gasteiger partial charge >= 0.3 is 0 Å². The summed E-state index contributed by atoms with van der Waals surface area (Å²) in [6.45, 7) is 1.96. The second-order valence-electron chi connectivity index (χ2n) is 5.05. The van der Waals surface area contributed by atoms with Gasteiger partial charge in [0.2, 0.25) is 5.91 Å². The molecule has 2 aromatic carbocycles. The molecule has 1 heterocycles. The molecule has 7 heteroatoms. The van der Waals surface area contributed by atoms with Gasteiger partial charge in [-0.05, 0) is 30.7 Å². The van der Waals surface area contributed by atoms with E-state index in [4.69, 9.17) is 10.6 Å². The van der Waals surface area contributed by atoms with Gasteiger partial charge in [0.25, 0.3) is 5.88 Å². The van der Waals surface area contributed by atoms with E-state index < -0.39 is 0 Å². The number of carbonyl (C=O) groups excluding carboxylic acids is 1. The maximum Gasteiger partial charge on any atom is 0.252 e. The first-order valence-electron chi connectivity index (χ1n) is 7.30. The number of aryl methyl sites for hydroxylation is 1. The Hall–Kier alpha value is -2.64. The minimum Gasteiger partial charge on any atom is -0.436 e. The van der Waals surface area contributed by atoms with Crippen LogP contribution in [0.5, 0.6) is 11.6 Å². The summed E-state index contributed by atoms with van der Waals surface area (Å²) in [5.41, 5.74) is 4.56. The zero-order valence-corrected chi connectivity index (χ0v) is 13.8. The second-order valence-corrected chi connectivity index (χ2v) is 6.01. The minimum absolute atomic E-state index is 0.133. The number of hydrazine groups is 1. The second kappa shape index (κ2) is 7.29. The quantitative estimate of drug-likeness (QED) is 0.321. The predicted molar refractivity (Wildman–Crippen MR) is 93.8 cm³/mol. The summed E-state index contributed by atoms with van der Waals surface area (Å²) in [6.07, 6.45) is 0. The molecule has 3 rings (SSSR count). The highest BCUT2D eigenvalue weighted by Crippen LogP contribution is 2.32. The van der Waals surface area contributed by atoms with E-state index >= 15 is 0 Å². The number of benzene rings is 2. The number of nitrogens with two attached hydrogens (primary N) is 1. The van der Waals surface area contributed by atoms with Gasteiger partial charge < -0.3 is 4.74 Å². The van der Waals surface area contributed by atoms with Crippen molar-refractivity contribution in [2.75, 3.05) is 5.75 Å². The van der Waals surface area contributed by atoms with Crippen molar-refractivity contribution in [1.29, 1.82) is 0 Å². The number of fused-ring (bicyclic) bond motifs is 1. The van der Waals surface area contributed by atoms with Gasteiger partial charge in [-0.25, -0.2) is 15.8 Å². The van der Waals surface area contributed by atoms with Gasteiger partial charge in [0.1, 0.15) is 5.75 Å². The van der Waals surface area contributed by atoms with Crippen molar-refractivity contribution in [3.05, 3.63) is 54.1 Å². The summed E-state index contributed by atoms with van der Waals surface area (Å²) >= 11 is 1.23. The standard InChI is InChI=1S/C17H16N4O2S/c1-11-6-2-5-9-14(11)23-16-17(24-10-15(22)21-18)20-13-8-4-3-7-12(13)19-16/h2-9H,10,18H2,1H3,(H,21,22). The maximum absolute atomic E-state index is 11.4. The molecule has 24 heavy (non-hydrogen) atoms. The Labute approximate surface area is 143 Å².